The van der Waals surface area contributed by atoms with Gasteiger partial charge in [0.25, 0.3) is 0 Å². The molecular formula is C7H9NOS. The van der Waals surface area contributed by atoms with Gasteiger partial charge < -0.3 is 4.79 Å². The maximum atomic E-state index is 10.2. The lowest BCUT2D eigenvalue weighted by molar-refractivity contribution is -0.110. The second-order valence-corrected chi connectivity index (χ2v) is 3.02. The second kappa shape index (κ2) is 3.46. The highest BCUT2D eigenvalue weighted by Gasteiger charge is 2.01. The molecule has 1 aromatic rings. The van der Waals surface area contributed by atoms with Gasteiger partial charge in [0.2, 0.25) is 0 Å². The van der Waals surface area contributed by atoms with E-state index in [0.29, 0.717) is 0 Å². The Balaban J connectivity index is 2.47. The molecule has 1 rings (SSSR count). The van der Waals surface area contributed by atoms with Gasteiger partial charge in [0.15, 0.2) is 0 Å². The Kier molecular flexibility index (Phi) is 2.57. The summed E-state index contributed by atoms with van der Waals surface area (Å²) in [6.07, 6.45) is 1.73. The third-order valence-corrected chi connectivity index (χ3v) is 1.88. The minimum Gasteiger partial charge on any atom is -0.303 e. The predicted octanol–water partition coefficient (Wildman–Crippen LogP) is 1.52. The molecule has 0 N–H and O–H groups in total. The minimum atomic E-state index is 0.0992. The number of aldehydes is 1. The highest BCUT2D eigenvalue weighted by molar-refractivity contribution is 7.07. The van der Waals surface area contributed by atoms with Gasteiger partial charge in [-0.15, -0.1) is 11.3 Å². The molecule has 0 spiro atoms. The van der Waals surface area contributed by atoms with Gasteiger partial charge in [-0.2, -0.15) is 0 Å². The van der Waals surface area contributed by atoms with Crippen LogP contribution in [0.5, 0.6) is 0 Å². The summed E-state index contributed by atoms with van der Waals surface area (Å²) in [5.41, 5.74) is 2.80. The zero-order valence-corrected chi connectivity index (χ0v) is 6.60. The number of aromatic nitrogens is 1. The molecule has 0 fully saturated rings. The summed E-state index contributed by atoms with van der Waals surface area (Å²) in [4.78, 5) is 14.3. The van der Waals surface area contributed by atoms with E-state index in [0.717, 1.165) is 18.4 Å². The fraction of sp³-hybridized carbons (Fsp3) is 0.429. The van der Waals surface area contributed by atoms with E-state index in [9.17, 15) is 4.79 Å². The van der Waals surface area contributed by atoms with Gasteiger partial charge in [0.1, 0.15) is 6.29 Å². The minimum absolute atomic E-state index is 0.0992. The third kappa shape index (κ3) is 1.92. The molecule has 54 valence electrons. The number of hydrogen-bond donors (Lipinski definition) is 0. The first-order valence-corrected chi connectivity index (χ1v) is 4.09. The SMILES string of the molecule is CC(C=O)Cc1cscn1. The van der Waals surface area contributed by atoms with Crippen molar-refractivity contribution in [2.24, 2.45) is 5.92 Å². The largest absolute Gasteiger partial charge is 0.303 e. The number of thiazole rings is 1. The second-order valence-electron chi connectivity index (χ2n) is 2.30. The molecule has 0 saturated carbocycles. The van der Waals surface area contributed by atoms with Gasteiger partial charge in [0.05, 0.1) is 11.2 Å². The van der Waals surface area contributed by atoms with Crippen LogP contribution >= 0.6 is 11.3 Å². The number of carbonyl (C=O) groups is 1. The van der Waals surface area contributed by atoms with E-state index >= 15 is 0 Å². The number of hydrogen-bond acceptors (Lipinski definition) is 3. The Morgan fingerprint density at radius 3 is 3.20 bits per heavy atom. The molecule has 1 atom stereocenters. The highest BCUT2D eigenvalue weighted by atomic mass is 32.1. The van der Waals surface area contributed by atoms with Crippen molar-refractivity contribution in [3.05, 3.63) is 16.6 Å². The number of nitrogens with zero attached hydrogens (tertiary/aromatic N) is 1. The van der Waals surface area contributed by atoms with Crippen molar-refractivity contribution in [3.8, 4) is 0 Å². The van der Waals surface area contributed by atoms with E-state index < -0.39 is 0 Å². The van der Waals surface area contributed by atoms with Crippen LogP contribution in [0.4, 0.5) is 0 Å². The Hall–Kier alpha value is -0.700. The van der Waals surface area contributed by atoms with E-state index in [-0.39, 0.29) is 5.92 Å². The summed E-state index contributed by atoms with van der Waals surface area (Å²) in [6, 6.07) is 0. The molecule has 0 aliphatic heterocycles. The van der Waals surface area contributed by atoms with Crippen molar-refractivity contribution >= 4 is 17.6 Å². The zero-order chi connectivity index (χ0) is 7.40. The van der Waals surface area contributed by atoms with Gasteiger partial charge >= 0.3 is 0 Å². The normalized spacial score (nSPS) is 12.9. The molecule has 10 heavy (non-hydrogen) atoms. The first-order chi connectivity index (χ1) is 4.83. The van der Waals surface area contributed by atoms with Crippen molar-refractivity contribution in [1.82, 2.24) is 4.98 Å². The van der Waals surface area contributed by atoms with E-state index in [1.807, 2.05) is 12.3 Å². The van der Waals surface area contributed by atoms with E-state index in [2.05, 4.69) is 4.98 Å². The highest BCUT2D eigenvalue weighted by Crippen LogP contribution is 2.06. The van der Waals surface area contributed by atoms with E-state index in [4.69, 9.17) is 0 Å². The molecule has 3 heteroatoms. The van der Waals surface area contributed by atoms with Gasteiger partial charge in [-0.1, -0.05) is 6.92 Å². The van der Waals surface area contributed by atoms with Crippen LogP contribution < -0.4 is 0 Å². The molecule has 1 aromatic heterocycles. The molecule has 0 amide bonds. The van der Waals surface area contributed by atoms with Crippen LogP contribution in [-0.2, 0) is 11.2 Å². The van der Waals surface area contributed by atoms with Crippen LogP contribution in [0, 0.1) is 5.92 Å². The molecule has 2 nitrogen and oxygen atoms in total. The van der Waals surface area contributed by atoms with Crippen molar-refractivity contribution in [3.63, 3.8) is 0 Å². The Morgan fingerprint density at radius 1 is 1.90 bits per heavy atom. The zero-order valence-electron chi connectivity index (χ0n) is 5.78. The summed E-state index contributed by atoms with van der Waals surface area (Å²) in [5, 5.41) is 1.97. The van der Waals surface area contributed by atoms with Crippen molar-refractivity contribution in [2.75, 3.05) is 0 Å². The molecule has 0 aromatic carbocycles. The molecule has 0 saturated heterocycles. The number of carbonyl (C=O) groups excluding carboxylic acids is 1. The Labute approximate surface area is 63.9 Å². The van der Waals surface area contributed by atoms with Crippen LogP contribution in [0.25, 0.3) is 0 Å². The van der Waals surface area contributed by atoms with Crippen LogP contribution in [0.15, 0.2) is 10.9 Å². The maximum absolute atomic E-state index is 10.2. The lowest BCUT2D eigenvalue weighted by Crippen LogP contribution is -2.00. The van der Waals surface area contributed by atoms with Crippen molar-refractivity contribution < 1.29 is 4.79 Å². The molecule has 1 heterocycles. The average molecular weight is 155 g/mol. The van der Waals surface area contributed by atoms with Crippen LogP contribution in [0.1, 0.15) is 12.6 Å². The smallest absolute Gasteiger partial charge is 0.123 e. The van der Waals surface area contributed by atoms with Crippen molar-refractivity contribution in [2.45, 2.75) is 13.3 Å². The first kappa shape index (κ1) is 7.41. The average Bonchev–Trinajstić information content (AvgIpc) is 2.40. The standard InChI is InChI=1S/C7H9NOS/c1-6(3-9)2-7-4-10-5-8-7/h3-6H,2H2,1H3. The summed E-state index contributed by atoms with van der Waals surface area (Å²) < 4.78 is 0. The van der Waals surface area contributed by atoms with Gasteiger partial charge in [-0.25, -0.2) is 4.98 Å². The first-order valence-electron chi connectivity index (χ1n) is 3.15. The summed E-state index contributed by atoms with van der Waals surface area (Å²) in [7, 11) is 0. The fourth-order valence-electron chi connectivity index (χ4n) is 0.716. The lowest BCUT2D eigenvalue weighted by Gasteiger charge is -1.96. The summed E-state index contributed by atoms with van der Waals surface area (Å²) >= 11 is 1.57. The lowest BCUT2D eigenvalue weighted by atomic mass is 10.1. The summed E-state index contributed by atoms with van der Waals surface area (Å²) in [6.45, 7) is 1.90. The van der Waals surface area contributed by atoms with Crippen molar-refractivity contribution in [1.29, 1.82) is 0 Å². The van der Waals surface area contributed by atoms with E-state index in [1.165, 1.54) is 0 Å². The topological polar surface area (TPSA) is 30.0 Å². The molecule has 0 aliphatic carbocycles. The predicted molar refractivity (Wildman–Crippen MR) is 41.0 cm³/mol. The number of rotatable bonds is 3. The molecule has 1 unspecified atom stereocenters. The monoisotopic (exact) mass is 155 g/mol. The fourth-order valence-corrected chi connectivity index (χ4v) is 1.29. The van der Waals surface area contributed by atoms with Crippen LogP contribution in [0.3, 0.4) is 0 Å². The molecule has 0 radical (unpaired) electrons. The third-order valence-electron chi connectivity index (χ3n) is 1.25. The Morgan fingerprint density at radius 2 is 2.70 bits per heavy atom. The van der Waals surface area contributed by atoms with Gasteiger partial charge in [-0.3, -0.25) is 0 Å². The van der Waals surface area contributed by atoms with Crippen LogP contribution in [-0.4, -0.2) is 11.3 Å². The van der Waals surface area contributed by atoms with Gasteiger partial charge in [0, 0.05) is 11.3 Å². The molecule has 0 bridgehead atoms. The maximum Gasteiger partial charge on any atom is 0.123 e. The Bertz CT molecular complexity index is 195. The molecule has 0 aliphatic rings. The summed E-state index contributed by atoms with van der Waals surface area (Å²) in [5.74, 6) is 0.0992. The van der Waals surface area contributed by atoms with Gasteiger partial charge in [-0.05, 0) is 6.42 Å². The van der Waals surface area contributed by atoms with Crippen LogP contribution in [0.2, 0.25) is 0 Å². The van der Waals surface area contributed by atoms with E-state index in [1.54, 1.807) is 16.8 Å². The molecular weight excluding hydrogens is 146 g/mol. The quantitative estimate of drug-likeness (QED) is 0.619.